The van der Waals surface area contributed by atoms with Crippen molar-refractivity contribution in [3.05, 3.63) is 30.3 Å². The van der Waals surface area contributed by atoms with Crippen molar-refractivity contribution in [2.75, 3.05) is 0 Å². The lowest BCUT2D eigenvalue weighted by Gasteiger charge is -2.28. The Hall–Kier alpha value is -1.43. The quantitative estimate of drug-likeness (QED) is 0.588. The molecular formula is C12H15NO4. The topological polar surface area (TPSA) is 81.8 Å². The molecule has 5 heteroatoms. The van der Waals surface area contributed by atoms with Crippen molar-refractivity contribution >= 4 is 5.78 Å². The monoisotopic (exact) mass is 237 g/mol. The van der Waals surface area contributed by atoms with Crippen LogP contribution in [0.3, 0.4) is 0 Å². The van der Waals surface area contributed by atoms with Crippen LogP contribution in [0.15, 0.2) is 30.3 Å². The molecule has 0 aromatic heterocycles. The normalized spacial score (nSPS) is 29.1. The number of ketones is 1. The first-order valence-electron chi connectivity index (χ1n) is 5.54. The Morgan fingerprint density at radius 1 is 1.24 bits per heavy atom. The molecule has 0 radical (unpaired) electrons. The molecule has 2 rings (SSSR count). The number of carbonyl (C=O) groups excluding carboxylic acids is 1. The minimum absolute atomic E-state index is 0.356. The summed E-state index contributed by atoms with van der Waals surface area (Å²) in [5.41, 5.74) is 5.66. The van der Waals surface area contributed by atoms with Gasteiger partial charge < -0.3 is 15.7 Å². The van der Waals surface area contributed by atoms with E-state index in [0.29, 0.717) is 18.6 Å². The van der Waals surface area contributed by atoms with Gasteiger partial charge in [-0.3, -0.25) is 4.79 Å². The summed E-state index contributed by atoms with van der Waals surface area (Å²) >= 11 is 0. The Balaban J connectivity index is 1.90. The molecule has 1 saturated carbocycles. The van der Waals surface area contributed by atoms with Crippen molar-refractivity contribution in [2.24, 2.45) is 5.73 Å². The van der Waals surface area contributed by atoms with Crippen LogP contribution in [0.1, 0.15) is 12.8 Å². The Bertz CT molecular complexity index is 381. The smallest absolute Gasteiger partial charge is 0.180 e. The lowest BCUT2D eigenvalue weighted by molar-refractivity contribution is -0.254. The van der Waals surface area contributed by atoms with Gasteiger partial charge in [0.1, 0.15) is 12.2 Å². The third kappa shape index (κ3) is 2.82. The molecule has 1 aliphatic rings. The predicted molar refractivity (Wildman–Crippen MR) is 60.2 cm³/mol. The lowest BCUT2D eigenvalue weighted by atomic mass is 9.90. The Kier molecular flexibility index (Phi) is 3.73. The van der Waals surface area contributed by atoms with Crippen LogP contribution in [0.2, 0.25) is 0 Å². The van der Waals surface area contributed by atoms with E-state index in [4.69, 9.17) is 15.5 Å². The summed E-state index contributed by atoms with van der Waals surface area (Å²) in [7, 11) is 0. The van der Waals surface area contributed by atoms with Gasteiger partial charge in [-0.05, 0) is 25.0 Å². The van der Waals surface area contributed by atoms with E-state index in [1.807, 2.05) is 18.2 Å². The molecule has 0 heterocycles. The number of para-hydroxylation sites is 1. The molecule has 92 valence electrons. The van der Waals surface area contributed by atoms with E-state index in [-0.39, 0.29) is 0 Å². The predicted octanol–water partition coefficient (Wildman–Crippen LogP) is 0.417. The van der Waals surface area contributed by atoms with Crippen LogP contribution < -0.4 is 10.6 Å². The van der Waals surface area contributed by atoms with Crippen molar-refractivity contribution < 1.29 is 19.7 Å². The molecule has 3 atom stereocenters. The second kappa shape index (κ2) is 5.27. The number of nitrogens with two attached hydrogens (primary N) is 1. The van der Waals surface area contributed by atoms with Gasteiger partial charge in [0.15, 0.2) is 11.5 Å². The van der Waals surface area contributed by atoms with Crippen molar-refractivity contribution in [3.63, 3.8) is 0 Å². The standard InChI is InChI=1S/C12H15NO4/c13-11-10(7-6-9(14)12(11)15)17-16-8-4-2-1-3-5-8/h1-5,9-11,14H,6-7,13H2. The van der Waals surface area contributed by atoms with E-state index in [1.54, 1.807) is 12.1 Å². The Morgan fingerprint density at radius 2 is 1.94 bits per heavy atom. The van der Waals surface area contributed by atoms with Crippen LogP contribution in [0.25, 0.3) is 0 Å². The number of benzene rings is 1. The van der Waals surface area contributed by atoms with Crippen LogP contribution in [-0.4, -0.2) is 29.1 Å². The molecule has 3 unspecified atom stereocenters. The number of hydrogen-bond donors (Lipinski definition) is 2. The van der Waals surface area contributed by atoms with E-state index in [9.17, 15) is 9.90 Å². The molecule has 0 amide bonds. The van der Waals surface area contributed by atoms with E-state index < -0.39 is 24.0 Å². The highest BCUT2D eigenvalue weighted by Gasteiger charge is 2.36. The fourth-order valence-electron chi connectivity index (χ4n) is 1.75. The highest BCUT2D eigenvalue weighted by atomic mass is 17.2. The number of Topliss-reactive ketones (excluding diaryl/α,β-unsaturated/α-hetero) is 1. The molecule has 0 aliphatic heterocycles. The summed E-state index contributed by atoms with van der Waals surface area (Å²) in [6.45, 7) is 0. The summed E-state index contributed by atoms with van der Waals surface area (Å²) < 4.78 is 0. The number of aliphatic hydroxyl groups is 1. The first-order valence-corrected chi connectivity index (χ1v) is 5.54. The third-order valence-electron chi connectivity index (χ3n) is 2.79. The lowest BCUT2D eigenvalue weighted by Crippen LogP contribution is -2.52. The fraction of sp³-hybridized carbons (Fsp3) is 0.417. The SMILES string of the molecule is NC1C(=O)C(O)CCC1OOc1ccccc1. The molecule has 3 N–H and O–H groups in total. The number of aliphatic hydroxyl groups excluding tert-OH is 1. The molecule has 1 aliphatic carbocycles. The first kappa shape index (κ1) is 12.0. The fourth-order valence-corrected chi connectivity index (χ4v) is 1.75. The molecule has 0 bridgehead atoms. The minimum Gasteiger partial charge on any atom is -0.385 e. The van der Waals surface area contributed by atoms with Crippen LogP contribution in [0, 0.1) is 0 Å². The Labute approximate surface area is 99.1 Å². The molecule has 17 heavy (non-hydrogen) atoms. The third-order valence-corrected chi connectivity index (χ3v) is 2.79. The maximum Gasteiger partial charge on any atom is 0.180 e. The summed E-state index contributed by atoms with van der Waals surface area (Å²) in [5.74, 6) is 0.163. The van der Waals surface area contributed by atoms with Crippen molar-refractivity contribution in [2.45, 2.75) is 31.1 Å². The second-order valence-corrected chi connectivity index (χ2v) is 4.05. The van der Waals surface area contributed by atoms with Gasteiger partial charge in [0.25, 0.3) is 0 Å². The minimum atomic E-state index is -0.971. The largest absolute Gasteiger partial charge is 0.385 e. The van der Waals surface area contributed by atoms with Gasteiger partial charge in [0.2, 0.25) is 0 Å². The van der Waals surface area contributed by atoms with Gasteiger partial charge in [0.05, 0.1) is 6.04 Å². The molecule has 1 aromatic rings. The van der Waals surface area contributed by atoms with E-state index >= 15 is 0 Å². The van der Waals surface area contributed by atoms with Gasteiger partial charge in [0, 0.05) is 0 Å². The van der Waals surface area contributed by atoms with Gasteiger partial charge in [-0.1, -0.05) is 18.2 Å². The number of hydrogen-bond acceptors (Lipinski definition) is 5. The number of rotatable bonds is 3. The maximum absolute atomic E-state index is 11.4. The second-order valence-electron chi connectivity index (χ2n) is 4.05. The maximum atomic E-state index is 11.4. The van der Waals surface area contributed by atoms with E-state index in [1.165, 1.54) is 0 Å². The molecule has 1 fully saturated rings. The molecule has 1 aromatic carbocycles. The highest BCUT2D eigenvalue weighted by Crippen LogP contribution is 2.19. The zero-order valence-electron chi connectivity index (χ0n) is 9.28. The van der Waals surface area contributed by atoms with E-state index in [2.05, 4.69) is 0 Å². The zero-order valence-corrected chi connectivity index (χ0v) is 9.28. The van der Waals surface area contributed by atoms with Crippen LogP contribution in [0.4, 0.5) is 0 Å². The molecular weight excluding hydrogens is 222 g/mol. The average Bonchev–Trinajstić information content (AvgIpc) is 2.36. The van der Waals surface area contributed by atoms with E-state index in [0.717, 1.165) is 0 Å². The molecule has 0 spiro atoms. The molecule has 0 saturated heterocycles. The summed E-state index contributed by atoms with van der Waals surface area (Å²) in [6.07, 6.45) is -0.622. The van der Waals surface area contributed by atoms with Gasteiger partial charge in [-0.25, -0.2) is 0 Å². The summed E-state index contributed by atoms with van der Waals surface area (Å²) in [6, 6.07) is 8.14. The van der Waals surface area contributed by atoms with Gasteiger partial charge in [-0.2, -0.15) is 4.89 Å². The Morgan fingerprint density at radius 3 is 2.65 bits per heavy atom. The zero-order chi connectivity index (χ0) is 12.3. The van der Waals surface area contributed by atoms with Crippen LogP contribution in [-0.2, 0) is 9.68 Å². The van der Waals surface area contributed by atoms with Crippen molar-refractivity contribution in [1.82, 2.24) is 0 Å². The van der Waals surface area contributed by atoms with Gasteiger partial charge >= 0.3 is 0 Å². The number of carbonyl (C=O) groups is 1. The average molecular weight is 237 g/mol. The van der Waals surface area contributed by atoms with Crippen LogP contribution >= 0.6 is 0 Å². The highest BCUT2D eigenvalue weighted by molar-refractivity contribution is 5.89. The first-order chi connectivity index (χ1) is 8.18. The summed E-state index contributed by atoms with van der Waals surface area (Å²) in [4.78, 5) is 21.7. The van der Waals surface area contributed by atoms with Gasteiger partial charge in [-0.15, -0.1) is 0 Å². The van der Waals surface area contributed by atoms with Crippen molar-refractivity contribution in [3.8, 4) is 5.75 Å². The molecule has 5 nitrogen and oxygen atoms in total. The van der Waals surface area contributed by atoms with Crippen LogP contribution in [0.5, 0.6) is 5.75 Å². The summed E-state index contributed by atoms with van der Waals surface area (Å²) in [5, 5.41) is 9.33. The van der Waals surface area contributed by atoms with Crippen molar-refractivity contribution in [1.29, 1.82) is 0 Å².